The first-order chi connectivity index (χ1) is 9.31. The molecular weight excluding hydrogens is 254 g/mol. The van der Waals surface area contributed by atoms with Gasteiger partial charge < -0.3 is 4.90 Å². The van der Waals surface area contributed by atoms with Gasteiger partial charge in [-0.3, -0.25) is 4.79 Å². The van der Waals surface area contributed by atoms with Crippen molar-refractivity contribution in [1.29, 1.82) is 0 Å². The minimum Gasteiger partial charge on any atom is -0.328 e. The van der Waals surface area contributed by atoms with Gasteiger partial charge in [-0.1, -0.05) is 36.9 Å². The molecule has 19 heavy (non-hydrogen) atoms. The van der Waals surface area contributed by atoms with Gasteiger partial charge in [0.15, 0.2) is 0 Å². The summed E-state index contributed by atoms with van der Waals surface area (Å²) in [7, 11) is 0. The van der Waals surface area contributed by atoms with Gasteiger partial charge in [-0.15, -0.1) is 11.3 Å². The third-order valence-corrected chi connectivity index (χ3v) is 4.54. The van der Waals surface area contributed by atoms with Crippen molar-refractivity contribution in [2.45, 2.75) is 12.5 Å². The van der Waals surface area contributed by atoms with Crippen LogP contribution >= 0.6 is 11.3 Å². The molecule has 96 valence electrons. The second-order valence-corrected chi connectivity index (χ2v) is 5.60. The summed E-state index contributed by atoms with van der Waals surface area (Å²) in [5.41, 5.74) is 2.43. The van der Waals surface area contributed by atoms with E-state index in [0.29, 0.717) is 0 Å². The Balaban J connectivity index is 2.09. The van der Waals surface area contributed by atoms with Crippen molar-refractivity contribution < 1.29 is 4.79 Å². The van der Waals surface area contributed by atoms with Crippen molar-refractivity contribution in [3.05, 3.63) is 70.4 Å². The molecule has 0 fully saturated rings. The molecule has 2 nitrogen and oxygen atoms in total. The maximum atomic E-state index is 12.1. The zero-order valence-electron chi connectivity index (χ0n) is 10.6. The SMILES string of the molecule is C=CC(=O)N1CCc2sccc2C1c1ccccc1. The van der Waals surface area contributed by atoms with Crippen LogP contribution in [0, 0.1) is 0 Å². The van der Waals surface area contributed by atoms with Crippen LogP contribution in [0.2, 0.25) is 0 Å². The monoisotopic (exact) mass is 269 g/mol. The first-order valence-electron chi connectivity index (χ1n) is 6.35. The Labute approximate surface area is 117 Å². The molecule has 1 aromatic heterocycles. The lowest BCUT2D eigenvalue weighted by atomic mass is 9.93. The van der Waals surface area contributed by atoms with Gasteiger partial charge in [0.25, 0.3) is 0 Å². The number of amides is 1. The Kier molecular flexibility index (Phi) is 3.22. The highest BCUT2D eigenvalue weighted by molar-refractivity contribution is 7.10. The van der Waals surface area contributed by atoms with Crippen LogP contribution in [-0.4, -0.2) is 17.4 Å². The fourth-order valence-electron chi connectivity index (χ4n) is 2.67. The maximum absolute atomic E-state index is 12.1. The van der Waals surface area contributed by atoms with E-state index in [9.17, 15) is 4.79 Å². The third-order valence-electron chi connectivity index (χ3n) is 3.54. The van der Waals surface area contributed by atoms with Crippen molar-refractivity contribution in [2.75, 3.05) is 6.54 Å². The van der Waals surface area contributed by atoms with E-state index in [1.165, 1.54) is 16.5 Å². The second-order valence-electron chi connectivity index (χ2n) is 4.60. The summed E-state index contributed by atoms with van der Waals surface area (Å²) in [5.74, 6) is 0.00528. The standard InChI is InChI=1S/C16H15NOS/c1-2-15(18)17-10-8-14-13(9-11-19-14)16(17)12-6-4-3-5-7-12/h2-7,9,11,16H,1,8,10H2. The number of hydrogen-bond acceptors (Lipinski definition) is 2. The van der Waals surface area contributed by atoms with E-state index in [1.54, 1.807) is 11.3 Å². The van der Waals surface area contributed by atoms with Crippen LogP contribution < -0.4 is 0 Å². The van der Waals surface area contributed by atoms with Crippen molar-refractivity contribution in [3.8, 4) is 0 Å². The number of fused-ring (bicyclic) bond motifs is 1. The summed E-state index contributed by atoms with van der Waals surface area (Å²) >= 11 is 1.78. The molecule has 0 bridgehead atoms. The predicted molar refractivity (Wildman–Crippen MR) is 78.2 cm³/mol. The molecule has 1 aliphatic rings. The number of nitrogens with zero attached hydrogens (tertiary/aromatic N) is 1. The van der Waals surface area contributed by atoms with Crippen molar-refractivity contribution in [3.63, 3.8) is 0 Å². The number of rotatable bonds is 2. The van der Waals surface area contributed by atoms with Crippen molar-refractivity contribution >= 4 is 17.2 Å². The van der Waals surface area contributed by atoms with Gasteiger partial charge in [0.1, 0.15) is 0 Å². The topological polar surface area (TPSA) is 20.3 Å². The Morgan fingerprint density at radius 3 is 2.84 bits per heavy atom. The number of carbonyl (C=O) groups excluding carboxylic acids is 1. The van der Waals surface area contributed by atoms with Crippen LogP contribution in [0.4, 0.5) is 0 Å². The molecule has 0 N–H and O–H groups in total. The molecule has 0 aliphatic carbocycles. The van der Waals surface area contributed by atoms with Crippen LogP contribution in [0.25, 0.3) is 0 Å². The molecule has 0 saturated heterocycles. The number of hydrogen-bond donors (Lipinski definition) is 0. The Bertz CT molecular complexity index is 602. The van der Waals surface area contributed by atoms with Crippen LogP contribution in [-0.2, 0) is 11.2 Å². The molecule has 1 aromatic carbocycles. The van der Waals surface area contributed by atoms with Gasteiger partial charge in [0, 0.05) is 11.4 Å². The van der Waals surface area contributed by atoms with Gasteiger partial charge in [-0.2, -0.15) is 0 Å². The van der Waals surface area contributed by atoms with Crippen molar-refractivity contribution in [1.82, 2.24) is 4.90 Å². The molecule has 0 radical (unpaired) electrons. The molecule has 0 spiro atoms. The quantitative estimate of drug-likeness (QED) is 0.765. The number of carbonyl (C=O) groups is 1. The minimum atomic E-state index is 0.00528. The molecule has 1 unspecified atom stereocenters. The zero-order valence-corrected chi connectivity index (χ0v) is 11.4. The molecule has 3 rings (SSSR count). The number of thiophene rings is 1. The predicted octanol–water partition coefficient (Wildman–Crippen LogP) is 3.41. The minimum absolute atomic E-state index is 0.00528. The third kappa shape index (κ3) is 2.10. The number of benzene rings is 1. The van der Waals surface area contributed by atoms with Gasteiger partial charge in [-0.05, 0) is 35.1 Å². The largest absolute Gasteiger partial charge is 0.328 e. The lowest BCUT2D eigenvalue weighted by Crippen LogP contribution is -2.39. The van der Waals surface area contributed by atoms with E-state index in [0.717, 1.165) is 18.5 Å². The van der Waals surface area contributed by atoms with Crippen LogP contribution in [0.5, 0.6) is 0 Å². The summed E-state index contributed by atoms with van der Waals surface area (Å²) in [6.45, 7) is 4.38. The normalized spacial score (nSPS) is 17.9. The summed E-state index contributed by atoms with van der Waals surface area (Å²) in [6.07, 6.45) is 2.35. The molecule has 2 aromatic rings. The average molecular weight is 269 g/mol. The second kappa shape index (κ2) is 5.02. The van der Waals surface area contributed by atoms with E-state index in [-0.39, 0.29) is 11.9 Å². The van der Waals surface area contributed by atoms with Crippen LogP contribution in [0.3, 0.4) is 0 Å². The lowest BCUT2D eigenvalue weighted by Gasteiger charge is -2.35. The van der Waals surface area contributed by atoms with E-state index >= 15 is 0 Å². The first kappa shape index (κ1) is 12.2. The molecule has 0 saturated carbocycles. The molecule has 1 atom stereocenters. The Hall–Kier alpha value is -1.87. The summed E-state index contributed by atoms with van der Waals surface area (Å²) in [5, 5.41) is 2.11. The summed E-state index contributed by atoms with van der Waals surface area (Å²) < 4.78 is 0. The molecular formula is C16H15NOS. The molecule has 3 heteroatoms. The van der Waals surface area contributed by atoms with Crippen LogP contribution in [0.15, 0.2) is 54.4 Å². The lowest BCUT2D eigenvalue weighted by molar-refractivity contribution is -0.128. The summed E-state index contributed by atoms with van der Waals surface area (Å²) in [4.78, 5) is 15.4. The van der Waals surface area contributed by atoms with E-state index < -0.39 is 0 Å². The van der Waals surface area contributed by atoms with Gasteiger partial charge in [0.05, 0.1) is 6.04 Å². The highest BCUT2D eigenvalue weighted by atomic mass is 32.1. The van der Waals surface area contributed by atoms with E-state index in [1.807, 2.05) is 23.1 Å². The van der Waals surface area contributed by atoms with Crippen LogP contribution in [0.1, 0.15) is 22.0 Å². The molecule has 2 heterocycles. The van der Waals surface area contributed by atoms with E-state index in [4.69, 9.17) is 0 Å². The Morgan fingerprint density at radius 2 is 2.11 bits per heavy atom. The van der Waals surface area contributed by atoms with Crippen molar-refractivity contribution in [2.24, 2.45) is 0 Å². The van der Waals surface area contributed by atoms with Gasteiger partial charge in [-0.25, -0.2) is 0 Å². The zero-order chi connectivity index (χ0) is 13.2. The van der Waals surface area contributed by atoms with Gasteiger partial charge >= 0.3 is 0 Å². The molecule has 1 aliphatic heterocycles. The fourth-order valence-corrected chi connectivity index (χ4v) is 3.57. The van der Waals surface area contributed by atoms with E-state index in [2.05, 4.69) is 30.2 Å². The first-order valence-corrected chi connectivity index (χ1v) is 7.23. The fraction of sp³-hybridized carbons (Fsp3) is 0.188. The maximum Gasteiger partial charge on any atom is 0.246 e. The molecule has 1 amide bonds. The van der Waals surface area contributed by atoms with Gasteiger partial charge in [0.2, 0.25) is 5.91 Å². The highest BCUT2D eigenvalue weighted by Crippen LogP contribution is 2.37. The Morgan fingerprint density at radius 1 is 1.32 bits per heavy atom. The summed E-state index contributed by atoms with van der Waals surface area (Å²) in [6, 6.07) is 12.4. The smallest absolute Gasteiger partial charge is 0.246 e. The average Bonchev–Trinajstić information content (AvgIpc) is 2.94. The highest BCUT2D eigenvalue weighted by Gasteiger charge is 2.31.